The Morgan fingerprint density at radius 1 is 1.60 bits per heavy atom. The van der Waals surface area contributed by atoms with Crippen molar-refractivity contribution < 1.29 is 14.7 Å². The lowest BCUT2D eigenvalue weighted by molar-refractivity contribution is -0.630. The molecule has 0 amide bonds. The van der Waals surface area contributed by atoms with Gasteiger partial charge in [-0.15, -0.1) is 17.0 Å². The Bertz CT molecular complexity index is 114. The smallest absolute Gasteiger partial charge is 0.262 e. The van der Waals surface area contributed by atoms with Crippen LogP contribution in [-0.2, 0) is 9.78 Å². The minimum Gasteiger partial charge on any atom is -0.262 e. The van der Waals surface area contributed by atoms with E-state index >= 15 is 0 Å². The largest absolute Gasteiger partial charge is 0.342 e. The van der Waals surface area contributed by atoms with Crippen molar-refractivity contribution >= 4 is 17.0 Å². The SMILES string of the molecule is Br.O=[N+]([O-])C1CCCOO1. The zero-order valence-electron chi connectivity index (χ0n) is 5.19. The molecule has 1 fully saturated rings. The van der Waals surface area contributed by atoms with Crippen LogP contribution >= 0.6 is 17.0 Å². The number of nitro groups is 1. The molecule has 60 valence electrons. The molecule has 5 nitrogen and oxygen atoms in total. The van der Waals surface area contributed by atoms with Crippen molar-refractivity contribution in [3.05, 3.63) is 10.1 Å². The van der Waals surface area contributed by atoms with Crippen molar-refractivity contribution in [3.63, 3.8) is 0 Å². The Morgan fingerprint density at radius 3 is 2.60 bits per heavy atom. The van der Waals surface area contributed by atoms with Crippen LogP contribution in [0.3, 0.4) is 0 Å². The van der Waals surface area contributed by atoms with Crippen LogP contribution in [0.5, 0.6) is 0 Å². The molecule has 1 rings (SSSR count). The predicted molar refractivity (Wildman–Crippen MR) is 37.4 cm³/mol. The Morgan fingerprint density at radius 2 is 2.30 bits per heavy atom. The van der Waals surface area contributed by atoms with Gasteiger partial charge in [0, 0.05) is 6.42 Å². The summed E-state index contributed by atoms with van der Waals surface area (Å²) in [5.74, 6) is 0. The molecular weight excluding hydrogens is 206 g/mol. The molecular formula is C4H8BrNO4. The molecule has 1 aliphatic heterocycles. The standard InChI is InChI=1S/C4H7NO4.BrH/c6-5(7)4-2-1-3-8-9-4;/h4H,1-3H2;1H. The van der Waals surface area contributed by atoms with Gasteiger partial charge in [0.15, 0.2) is 0 Å². The Balaban J connectivity index is 0.000000810. The van der Waals surface area contributed by atoms with Crippen LogP contribution in [0, 0.1) is 10.1 Å². The van der Waals surface area contributed by atoms with Gasteiger partial charge < -0.3 is 0 Å². The maximum Gasteiger partial charge on any atom is 0.342 e. The average Bonchev–Trinajstić information content (AvgIpc) is 1.90. The van der Waals surface area contributed by atoms with Crippen molar-refractivity contribution in [2.75, 3.05) is 6.61 Å². The minimum absolute atomic E-state index is 0. The molecule has 0 aromatic carbocycles. The van der Waals surface area contributed by atoms with E-state index in [1.165, 1.54) is 0 Å². The van der Waals surface area contributed by atoms with E-state index < -0.39 is 11.2 Å². The van der Waals surface area contributed by atoms with Crippen LogP contribution < -0.4 is 0 Å². The Hall–Kier alpha value is -0.200. The highest BCUT2D eigenvalue weighted by molar-refractivity contribution is 8.93. The molecule has 1 atom stereocenters. The number of halogens is 1. The summed E-state index contributed by atoms with van der Waals surface area (Å²) in [5, 5.41) is 9.95. The number of hydrogen-bond donors (Lipinski definition) is 0. The lowest BCUT2D eigenvalue weighted by atomic mass is 10.3. The van der Waals surface area contributed by atoms with E-state index in [9.17, 15) is 10.1 Å². The second-order valence-electron chi connectivity index (χ2n) is 1.80. The fourth-order valence-electron chi connectivity index (χ4n) is 0.632. The first-order valence-corrected chi connectivity index (χ1v) is 2.72. The topological polar surface area (TPSA) is 61.6 Å². The second kappa shape index (κ2) is 4.59. The summed E-state index contributed by atoms with van der Waals surface area (Å²) in [7, 11) is 0. The summed E-state index contributed by atoms with van der Waals surface area (Å²) >= 11 is 0. The summed E-state index contributed by atoms with van der Waals surface area (Å²) in [5.41, 5.74) is 0. The van der Waals surface area contributed by atoms with Crippen molar-refractivity contribution in [3.8, 4) is 0 Å². The van der Waals surface area contributed by atoms with E-state index in [0.29, 0.717) is 19.4 Å². The molecule has 10 heavy (non-hydrogen) atoms. The fourth-order valence-corrected chi connectivity index (χ4v) is 0.632. The van der Waals surface area contributed by atoms with Gasteiger partial charge in [-0.2, -0.15) is 4.89 Å². The molecule has 0 aromatic heterocycles. The summed E-state index contributed by atoms with van der Waals surface area (Å²) < 4.78 is 0. The maximum absolute atomic E-state index is 9.95. The van der Waals surface area contributed by atoms with Gasteiger partial charge in [0.1, 0.15) is 0 Å². The molecule has 1 aliphatic rings. The predicted octanol–water partition coefficient (Wildman–Crippen LogP) is 0.909. The van der Waals surface area contributed by atoms with Crippen molar-refractivity contribution in [1.29, 1.82) is 0 Å². The monoisotopic (exact) mass is 213 g/mol. The first-order chi connectivity index (χ1) is 4.30. The third-order valence-corrected chi connectivity index (χ3v) is 1.09. The van der Waals surface area contributed by atoms with Gasteiger partial charge in [-0.25, -0.2) is 4.89 Å². The van der Waals surface area contributed by atoms with Gasteiger partial charge in [0.25, 0.3) is 0 Å². The zero-order valence-corrected chi connectivity index (χ0v) is 6.90. The molecule has 0 aromatic rings. The Kier molecular flexibility index (Phi) is 4.50. The molecule has 1 saturated heterocycles. The molecule has 0 N–H and O–H groups in total. The second-order valence-corrected chi connectivity index (χ2v) is 1.80. The van der Waals surface area contributed by atoms with E-state index in [1.54, 1.807) is 0 Å². The van der Waals surface area contributed by atoms with Gasteiger partial charge >= 0.3 is 6.23 Å². The highest BCUT2D eigenvalue weighted by atomic mass is 79.9. The first-order valence-electron chi connectivity index (χ1n) is 2.72. The summed E-state index contributed by atoms with van der Waals surface area (Å²) in [4.78, 5) is 18.2. The van der Waals surface area contributed by atoms with Crippen LogP contribution in [0.25, 0.3) is 0 Å². The fraction of sp³-hybridized carbons (Fsp3) is 1.00. The van der Waals surface area contributed by atoms with Crippen LogP contribution in [0.2, 0.25) is 0 Å². The first kappa shape index (κ1) is 9.80. The third kappa shape index (κ3) is 2.59. The number of hydrogen-bond acceptors (Lipinski definition) is 4. The van der Waals surface area contributed by atoms with Gasteiger partial charge in [-0.05, 0) is 6.42 Å². The van der Waals surface area contributed by atoms with Gasteiger partial charge in [-0.1, -0.05) is 0 Å². The molecule has 6 heteroatoms. The molecule has 1 unspecified atom stereocenters. The van der Waals surface area contributed by atoms with Gasteiger partial charge in [0.05, 0.1) is 11.5 Å². The molecule has 0 radical (unpaired) electrons. The van der Waals surface area contributed by atoms with Crippen LogP contribution in [0.1, 0.15) is 12.8 Å². The maximum atomic E-state index is 9.95. The van der Waals surface area contributed by atoms with Crippen LogP contribution in [0.15, 0.2) is 0 Å². The van der Waals surface area contributed by atoms with Crippen molar-refractivity contribution in [2.45, 2.75) is 19.1 Å². The molecule has 0 saturated carbocycles. The minimum atomic E-state index is -0.946. The highest BCUT2D eigenvalue weighted by Gasteiger charge is 2.24. The quantitative estimate of drug-likeness (QED) is 0.369. The van der Waals surface area contributed by atoms with Crippen molar-refractivity contribution in [1.82, 2.24) is 0 Å². The summed E-state index contributed by atoms with van der Waals surface area (Å²) in [6.45, 7) is 0.463. The lowest BCUT2D eigenvalue weighted by Crippen LogP contribution is -2.27. The van der Waals surface area contributed by atoms with E-state index in [1.807, 2.05) is 0 Å². The summed E-state index contributed by atoms with van der Waals surface area (Å²) in [6, 6.07) is 0. The van der Waals surface area contributed by atoms with Crippen molar-refractivity contribution in [2.24, 2.45) is 0 Å². The molecule has 0 bridgehead atoms. The van der Waals surface area contributed by atoms with E-state index in [-0.39, 0.29) is 17.0 Å². The van der Waals surface area contributed by atoms with E-state index in [0.717, 1.165) is 0 Å². The molecule has 1 heterocycles. The molecule has 0 spiro atoms. The van der Waals surface area contributed by atoms with Gasteiger partial charge in [0.2, 0.25) is 0 Å². The van der Waals surface area contributed by atoms with Crippen LogP contribution in [0.4, 0.5) is 0 Å². The summed E-state index contributed by atoms with van der Waals surface area (Å²) in [6.07, 6.45) is 0.206. The number of rotatable bonds is 1. The number of nitrogens with zero attached hydrogens (tertiary/aromatic N) is 1. The zero-order chi connectivity index (χ0) is 6.69. The highest BCUT2D eigenvalue weighted by Crippen LogP contribution is 2.09. The van der Waals surface area contributed by atoms with Gasteiger partial charge in [-0.3, -0.25) is 10.1 Å². The van der Waals surface area contributed by atoms with E-state index in [4.69, 9.17) is 0 Å². The third-order valence-electron chi connectivity index (χ3n) is 1.09. The lowest BCUT2D eigenvalue weighted by Gasteiger charge is -2.13. The Labute approximate surface area is 68.2 Å². The normalized spacial score (nSPS) is 25.0. The molecule has 0 aliphatic carbocycles. The van der Waals surface area contributed by atoms with Crippen LogP contribution in [-0.4, -0.2) is 17.8 Å². The van der Waals surface area contributed by atoms with E-state index in [2.05, 4.69) is 9.78 Å². The average molecular weight is 214 g/mol.